The quantitative estimate of drug-likeness (QED) is 0.711. The summed E-state index contributed by atoms with van der Waals surface area (Å²) < 4.78 is 6.87. The van der Waals surface area contributed by atoms with Crippen LogP contribution in [0.15, 0.2) is 28.7 Å². The summed E-state index contributed by atoms with van der Waals surface area (Å²) >= 11 is 1.43. The van der Waals surface area contributed by atoms with Crippen molar-refractivity contribution in [3.05, 3.63) is 46.9 Å². The number of fused-ring (bicyclic) bond motifs is 2. The Morgan fingerprint density at radius 3 is 2.92 bits per heavy atom. The Labute approximate surface area is 149 Å². The first-order chi connectivity index (χ1) is 11.8. The minimum absolute atomic E-state index is 0.0442. The number of carbonyl (C=O) groups is 1. The fraction of sp³-hybridized carbons (Fsp3) is 0.368. The van der Waals surface area contributed by atoms with Crippen LogP contribution in [0.2, 0.25) is 0 Å². The van der Waals surface area contributed by atoms with Crippen LogP contribution in [0.3, 0.4) is 0 Å². The van der Waals surface area contributed by atoms with Crippen molar-refractivity contribution in [3.8, 4) is 0 Å². The van der Waals surface area contributed by atoms with E-state index in [1.165, 1.54) is 11.3 Å². The van der Waals surface area contributed by atoms with Crippen LogP contribution in [-0.2, 0) is 6.42 Å². The number of nitrogens with zero attached hydrogens (tertiary/aromatic N) is 1. The smallest absolute Gasteiger partial charge is 0.293 e. The summed E-state index contributed by atoms with van der Waals surface area (Å²) in [6, 6.07) is 7.75. The summed E-state index contributed by atoms with van der Waals surface area (Å²) in [4.78, 5) is 17.1. The zero-order valence-corrected chi connectivity index (χ0v) is 15.2. The van der Waals surface area contributed by atoms with Crippen LogP contribution >= 0.6 is 11.3 Å². The number of para-hydroxylation sites is 1. The normalized spacial score (nSPS) is 19.0. The number of aliphatic hydroxyl groups excluding tert-OH is 1. The molecule has 5 nitrogen and oxygen atoms in total. The van der Waals surface area contributed by atoms with Gasteiger partial charge in [-0.2, -0.15) is 0 Å². The average molecular weight is 356 g/mol. The minimum Gasteiger partial charge on any atom is -0.455 e. The molecular formula is C19H20N2O3S. The van der Waals surface area contributed by atoms with Crippen LogP contribution in [0.25, 0.3) is 10.2 Å². The summed E-state index contributed by atoms with van der Waals surface area (Å²) in [5.74, 6) is 0.660. The summed E-state index contributed by atoms with van der Waals surface area (Å²) in [6.07, 6.45) is 0.792. The number of aromatic nitrogens is 1. The van der Waals surface area contributed by atoms with Gasteiger partial charge in [-0.25, -0.2) is 4.98 Å². The summed E-state index contributed by atoms with van der Waals surface area (Å²) in [7, 11) is 0. The van der Waals surface area contributed by atoms with Crippen molar-refractivity contribution in [3.63, 3.8) is 0 Å². The van der Waals surface area contributed by atoms with E-state index in [4.69, 9.17) is 4.42 Å². The van der Waals surface area contributed by atoms with Gasteiger partial charge in [-0.15, -0.1) is 0 Å². The number of thiazole rings is 1. The first kappa shape index (κ1) is 16.3. The van der Waals surface area contributed by atoms with E-state index in [1.54, 1.807) is 0 Å². The molecule has 0 fully saturated rings. The molecule has 2 heterocycles. The predicted octanol–water partition coefficient (Wildman–Crippen LogP) is 4.46. The maximum atomic E-state index is 12.7. The molecule has 0 radical (unpaired) electrons. The number of hydrogen-bond acceptors (Lipinski definition) is 5. The van der Waals surface area contributed by atoms with E-state index >= 15 is 0 Å². The molecule has 1 atom stereocenters. The van der Waals surface area contributed by atoms with Crippen molar-refractivity contribution >= 4 is 32.6 Å². The molecule has 3 aromatic rings. The number of furan rings is 1. The molecule has 0 saturated carbocycles. The number of anilines is 1. The highest BCUT2D eigenvalue weighted by Crippen LogP contribution is 2.44. The topological polar surface area (TPSA) is 75.4 Å². The van der Waals surface area contributed by atoms with Gasteiger partial charge in [0.05, 0.1) is 16.3 Å². The summed E-state index contributed by atoms with van der Waals surface area (Å²) in [5, 5.41) is 13.8. The summed E-state index contributed by atoms with van der Waals surface area (Å²) in [5.41, 5.74) is 2.30. The largest absolute Gasteiger partial charge is 0.455 e. The molecule has 1 aromatic carbocycles. The van der Waals surface area contributed by atoms with E-state index in [0.717, 1.165) is 27.1 Å². The standard InChI is InChI=1S/C19H20N2O3S/c1-10-15-12(22)8-19(2,3)9-13(15)24-16(10)17(23)21-18-20-11-6-4-5-7-14(11)25-18/h4-7,12,22H,8-9H2,1-3H3,(H,20,21,23)/t12-/m1/s1. The van der Waals surface area contributed by atoms with E-state index < -0.39 is 6.10 Å². The van der Waals surface area contributed by atoms with Crippen molar-refractivity contribution in [2.45, 2.75) is 39.7 Å². The van der Waals surface area contributed by atoms with Gasteiger partial charge in [0.25, 0.3) is 5.91 Å². The third-order valence-electron chi connectivity index (χ3n) is 4.71. The molecule has 0 aliphatic heterocycles. The van der Waals surface area contributed by atoms with E-state index in [-0.39, 0.29) is 17.1 Å². The van der Waals surface area contributed by atoms with Gasteiger partial charge in [0.2, 0.25) is 0 Å². The number of benzene rings is 1. The number of nitrogens with one attached hydrogen (secondary N) is 1. The molecule has 1 aliphatic carbocycles. The van der Waals surface area contributed by atoms with Gasteiger partial charge in [-0.1, -0.05) is 37.3 Å². The minimum atomic E-state index is -0.591. The Morgan fingerprint density at radius 2 is 2.16 bits per heavy atom. The van der Waals surface area contributed by atoms with Crippen molar-refractivity contribution in [2.24, 2.45) is 5.41 Å². The van der Waals surface area contributed by atoms with Crippen LogP contribution in [-0.4, -0.2) is 16.0 Å². The van der Waals surface area contributed by atoms with E-state index in [9.17, 15) is 9.90 Å². The van der Waals surface area contributed by atoms with E-state index in [2.05, 4.69) is 24.1 Å². The first-order valence-electron chi connectivity index (χ1n) is 8.31. The van der Waals surface area contributed by atoms with Crippen LogP contribution in [0.4, 0.5) is 5.13 Å². The Balaban J connectivity index is 1.65. The van der Waals surface area contributed by atoms with Gasteiger partial charge < -0.3 is 9.52 Å². The van der Waals surface area contributed by atoms with Crippen molar-refractivity contribution in [1.82, 2.24) is 4.98 Å². The molecule has 0 spiro atoms. The highest BCUT2D eigenvalue weighted by molar-refractivity contribution is 7.22. The molecule has 4 rings (SSSR count). The molecule has 1 amide bonds. The molecule has 130 valence electrons. The van der Waals surface area contributed by atoms with Gasteiger partial charge in [0.1, 0.15) is 5.76 Å². The van der Waals surface area contributed by atoms with Gasteiger partial charge in [0, 0.05) is 17.5 Å². The van der Waals surface area contributed by atoms with Crippen LogP contribution in [0.1, 0.15) is 53.8 Å². The zero-order valence-electron chi connectivity index (χ0n) is 14.4. The first-order valence-corrected chi connectivity index (χ1v) is 9.13. The maximum absolute atomic E-state index is 12.7. The Bertz CT molecular complexity index is 937. The molecule has 1 aliphatic rings. The van der Waals surface area contributed by atoms with Crippen LogP contribution in [0, 0.1) is 12.3 Å². The second-order valence-corrected chi connectivity index (χ2v) is 8.43. The van der Waals surface area contributed by atoms with Crippen molar-refractivity contribution in [2.75, 3.05) is 5.32 Å². The number of amides is 1. The number of rotatable bonds is 2. The molecule has 0 bridgehead atoms. The Morgan fingerprint density at radius 1 is 1.40 bits per heavy atom. The van der Waals surface area contributed by atoms with Gasteiger partial charge in [-0.3, -0.25) is 10.1 Å². The maximum Gasteiger partial charge on any atom is 0.293 e. The fourth-order valence-electron chi connectivity index (χ4n) is 3.58. The molecule has 6 heteroatoms. The molecule has 0 unspecified atom stereocenters. The zero-order chi connectivity index (χ0) is 17.8. The second kappa shape index (κ2) is 5.68. The molecular weight excluding hydrogens is 336 g/mol. The lowest BCUT2D eigenvalue weighted by Crippen LogP contribution is -2.24. The highest BCUT2D eigenvalue weighted by atomic mass is 32.1. The van der Waals surface area contributed by atoms with E-state index in [1.807, 2.05) is 31.2 Å². The Hall–Kier alpha value is -2.18. The lowest BCUT2D eigenvalue weighted by atomic mass is 9.75. The highest BCUT2D eigenvalue weighted by Gasteiger charge is 2.37. The van der Waals surface area contributed by atoms with Gasteiger partial charge >= 0.3 is 0 Å². The number of aliphatic hydroxyl groups is 1. The van der Waals surface area contributed by atoms with Crippen molar-refractivity contribution in [1.29, 1.82) is 0 Å². The van der Waals surface area contributed by atoms with Crippen LogP contribution in [0.5, 0.6) is 0 Å². The SMILES string of the molecule is Cc1c(C(=O)Nc2nc3ccccc3s2)oc2c1[C@H](O)CC(C)(C)C2. The van der Waals surface area contributed by atoms with E-state index in [0.29, 0.717) is 18.0 Å². The molecule has 0 saturated heterocycles. The van der Waals surface area contributed by atoms with Gasteiger partial charge in [-0.05, 0) is 30.9 Å². The molecule has 2 N–H and O–H groups in total. The number of carbonyl (C=O) groups excluding carboxylic acids is 1. The summed E-state index contributed by atoms with van der Waals surface area (Å²) in [6.45, 7) is 6.02. The molecule has 2 aromatic heterocycles. The lowest BCUT2D eigenvalue weighted by molar-refractivity contribution is 0.0910. The van der Waals surface area contributed by atoms with Gasteiger partial charge in [0.15, 0.2) is 10.9 Å². The average Bonchev–Trinajstić information content (AvgIpc) is 3.06. The molecule has 25 heavy (non-hydrogen) atoms. The predicted molar refractivity (Wildman–Crippen MR) is 98.1 cm³/mol. The number of hydrogen-bond donors (Lipinski definition) is 2. The third-order valence-corrected chi connectivity index (χ3v) is 5.66. The third kappa shape index (κ3) is 2.85. The fourth-order valence-corrected chi connectivity index (χ4v) is 4.44. The van der Waals surface area contributed by atoms with Crippen LogP contribution < -0.4 is 5.32 Å². The Kier molecular flexibility index (Phi) is 3.70. The monoisotopic (exact) mass is 356 g/mol. The second-order valence-electron chi connectivity index (χ2n) is 7.39. The van der Waals surface area contributed by atoms with Crippen molar-refractivity contribution < 1.29 is 14.3 Å². The lowest BCUT2D eigenvalue weighted by Gasteiger charge is -2.31.